The van der Waals surface area contributed by atoms with Gasteiger partial charge in [0.1, 0.15) is 12.4 Å². The molecule has 2 atom stereocenters. The fourth-order valence-electron chi connectivity index (χ4n) is 3.26. The maximum Gasteiger partial charge on any atom is 0.123 e. The molecule has 2 aromatic rings. The third kappa shape index (κ3) is 4.32. The number of benzene rings is 1. The highest BCUT2D eigenvalue weighted by molar-refractivity contribution is 5.33. The minimum atomic E-state index is -0.316. The van der Waals surface area contributed by atoms with Crippen LogP contribution in [0.15, 0.2) is 48.8 Å². The van der Waals surface area contributed by atoms with Crippen molar-refractivity contribution in [2.75, 3.05) is 26.3 Å². The summed E-state index contributed by atoms with van der Waals surface area (Å²) in [5.41, 5.74) is 2.30. The Bertz CT molecular complexity index is 636. The van der Waals surface area contributed by atoms with Gasteiger partial charge in [-0.3, -0.25) is 9.88 Å². The maximum absolute atomic E-state index is 10.4. The number of aliphatic hydroxyl groups is 2. The van der Waals surface area contributed by atoms with Gasteiger partial charge in [0, 0.05) is 43.5 Å². The molecular weight excluding hydrogens is 304 g/mol. The maximum atomic E-state index is 10.4. The molecule has 2 N–H and O–H groups in total. The zero-order chi connectivity index (χ0) is 16.8. The third-order valence-electron chi connectivity index (χ3n) is 4.44. The van der Waals surface area contributed by atoms with E-state index in [9.17, 15) is 5.11 Å². The normalized spacial score (nSPS) is 21.1. The van der Waals surface area contributed by atoms with Gasteiger partial charge < -0.3 is 14.9 Å². The topological polar surface area (TPSA) is 65.8 Å². The van der Waals surface area contributed by atoms with Crippen molar-refractivity contribution in [1.29, 1.82) is 0 Å². The lowest BCUT2D eigenvalue weighted by Gasteiger charge is -2.18. The van der Waals surface area contributed by atoms with E-state index in [4.69, 9.17) is 9.84 Å². The predicted octanol–water partition coefficient (Wildman–Crippen LogP) is 1.49. The number of aliphatic hydroxyl groups excluding tert-OH is 2. The van der Waals surface area contributed by atoms with Gasteiger partial charge in [-0.05, 0) is 30.2 Å². The number of ether oxygens (including phenoxy) is 1. The van der Waals surface area contributed by atoms with Crippen molar-refractivity contribution >= 4 is 0 Å². The van der Waals surface area contributed by atoms with Crippen LogP contribution in [0.25, 0.3) is 0 Å². The monoisotopic (exact) mass is 328 g/mol. The summed E-state index contributed by atoms with van der Waals surface area (Å²) in [5, 5.41) is 19.3. The molecule has 0 aliphatic carbocycles. The average molecular weight is 328 g/mol. The Morgan fingerprint density at radius 2 is 1.92 bits per heavy atom. The number of aromatic nitrogens is 1. The molecule has 1 saturated heterocycles. The molecule has 0 saturated carbocycles. The molecule has 1 aliphatic heterocycles. The van der Waals surface area contributed by atoms with Crippen LogP contribution in [0.3, 0.4) is 0 Å². The summed E-state index contributed by atoms with van der Waals surface area (Å²) < 4.78 is 5.60. The summed E-state index contributed by atoms with van der Waals surface area (Å²) in [6.45, 7) is 2.57. The quantitative estimate of drug-likeness (QED) is 0.806. The minimum Gasteiger partial charge on any atom is -0.491 e. The van der Waals surface area contributed by atoms with Crippen LogP contribution in [0, 0.1) is 5.92 Å². The number of hydrogen-bond acceptors (Lipinski definition) is 5. The number of β-amino-alcohol motifs (C(OH)–C–C–N with tert-alkyl or cyclic N) is 1. The highest BCUT2D eigenvalue weighted by Crippen LogP contribution is 2.26. The first-order valence-corrected chi connectivity index (χ1v) is 8.37. The SMILES string of the molecule is OCCOc1ccccc1CN1C[C@@H](Cc2ccncc2)[C@@H](O)C1. The fraction of sp³-hybridized carbons (Fsp3) is 0.421. The van der Waals surface area contributed by atoms with Crippen molar-refractivity contribution in [3.05, 3.63) is 59.9 Å². The first-order valence-electron chi connectivity index (χ1n) is 8.37. The Balaban J connectivity index is 1.61. The summed E-state index contributed by atoms with van der Waals surface area (Å²) in [5.74, 6) is 1.04. The number of likely N-dealkylation sites (tertiary alicyclic amines) is 1. The van der Waals surface area contributed by atoms with E-state index in [-0.39, 0.29) is 18.6 Å². The van der Waals surface area contributed by atoms with Gasteiger partial charge in [-0.2, -0.15) is 0 Å². The van der Waals surface area contributed by atoms with Crippen LogP contribution in [-0.2, 0) is 13.0 Å². The van der Waals surface area contributed by atoms with Gasteiger partial charge in [-0.1, -0.05) is 18.2 Å². The Morgan fingerprint density at radius 1 is 1.12 bits per heavy atom. The molecule has 0 amide bonds. The van der Waals surface area contributed by atoms with Crippen LogP contribution < -0.4 is 4.74 Å². The van der Waals surface area contributed by atoms with Crippen molar-refractivity contribution in [2.24, 2.45) is 5.92 Å². The summed E-state index contributed by atoms with van der Waals surface area (Å²) in [7, 11) is 0. The summed E-state index contributed by atoms with van der Waals surface area (Å²) in [4.78, 5) is 6.30. The molecule has 0 spiro atoms. The van der Waals surface area contributed by atoms with Crippen LogP contribution >= 0.6 is 0 Å². The van der Waals surface area contributed by atoms with E-state index in [1.807, 2.05) is 36.4 Å². The number of pyridine rings is 1. The molecule has 0 bridgehead atoms. The van der Waals surface area contributed by atoms with Crippen LogP contribution in [-0.4, -0.2) is 52.5 Å². The van der Waals surface area contributed by atoms with Crippen molar-refractivity contribution in [2.45, 2.75) is 19.1 Å². The molecule has 128 valence electrons. The fourth-order valence-corrected chi connectivity index (χ4v) is 3.26. The standard InChI is InChI=1S/C19H24N2O3/c22-9-10-24-19-4-2-1-3-16(19)12-21-13-17(18(23)14-21)11-15-5-7-20-8-6-15/h1-8,17-18,22-23H,9-14H2/t17-,18+/m1/s1. The van der Waals surface area contributed by atoms with Crippen LogP contribution in [0.5, 0.6) is 5.75 Å². The highest BCUT2D eigenvalue weighted by Gasteiger charge is 2.31. The Hall–Kier alpha value is -1.95. The molecule has 3 rings (SSSR count). The molecule has 1 aromatic heterocycles. The Labute approximate surface area is 142 Å². The van der Waals surface area contributed by atoms with Gasteiger partial charge >= 0.3 is 0 Å². The molecule has 1 fully saturated rings. The lowest BCUT2D eigenvalue weighted by molar-refractivity contribution is 0.141. The second-order valence-corrected chi connectivity index (χ2v) is 6.26. The Morgan fingerprint density at radius 3 is 2.71 bits per heavy atom. The second kappa shape index (κ2) is 8.24. The van der Waals surface area contributed by atoms with Gasteiger partial charge in [0.05, 0.1) is 12.7 Å². The van der Waals surface area contributed by atoms with Crippen molar-refractivity contribution in [3.63, 3.8) is 0 Å². The molecular formula is C19H24N2O3. The Kier molecular flexibility index (Phi) is 5.80. The van der Waals surface area contributed by atoms with Crippen molar-refractivity contribution in [3.8, 4) is 5.75 Å². The van der Waals surface area contributed by atoms with E-state index in [1.54, 1.807) is 12.4 Å². The number of rotatable bonds is 7. The van der Waals surface area contributed by atoms with Crippen LogP contribution in [0.2, 0.25) is 0 Å². The zero-order valence-corrected chi connectivity index (χ0v) is 13.7. The predicted molar refractivity (Wildman–Crippen MR) is 91.7 cm³/mol. The van der Waals surface area contributed by atoms with Gasteiger partial charge in [-0.15, -0.1) is 0 Å². The summed E-state index contributed by atoms with van der Waals surface area (Å²) >= 11 is 0. The zero-order valence-electron chi connectivity index (χ0n) is 13.7. The van der Waals surface area contributed by atoms with Gasteiger partial charge in [-0.25, -0.2) is 0 Å². The molecule has 1 aromatic carbocycles. The summed E-state index contributed by atoms with van der Waals surface area (Å²) in [6, 6.07) is 11.9. The average Bonchev–Trinajstić information content (AvgIpc) is 2.94. The lowest BCUT2D eigenvalue weighted by Crippen LogP contribution is -2.22. The largest absolute Gasteiger partial charge is 0.491 e. The molecule has 5 nitrogen and oxygen atoms in total. The first kappa shape index (κ1) is 16.9. The van der Waals surface area contributed by atoms with E-state index in [0.29, 0.717) is 13.2 Å². The van der Waals surface area contributed by atoms with E-state index in [1.165, 1.54) is 5.56 Å². The highest BCUT2D eigenvalue weighted by atomic mass is 16.5. The van der Waals surface area contributed by atoms with Crippen LogP contribution in [0.4, 0.5) is 0 Å². The molecule has 24 heavy (non-hydrogen) atoms. The van der Waals surface area contributed by atoms with E-state index < -0.39 is 0 Å². The molecule has 2 heterocycles. The molecule has 1 aliphatic rings. The van der Waals surface area contributed by atoms with Gasteiger partial charge in [0.25, 0.3) is 0 Å². The van der Waals surface area contributed by atoms with E-state index >= 15 is 0 Å². The number of hydrogen-bond donors (Lipinski definition) is 2. The number of nitrogens with zero attached hydrogens (tertiary/aromatic N) is 2. The van der Waals surface area contributed by atoms with Gasteiger partial charge in [0.2, 0.25) is 0 Å². The van der Waals surface area contributed by atoms with E-state index in [2.05, 4.69) is 9.88 Å². The first-order chi connectivity index (χ1) is 11.8. The third-order valence-corrected chi connectivity index (χ3v) is 4.44. The van der Waals surface area contributed by atoms with Crippen molar-refractivity contribution < 1.29 is 14.9 Å². The molecule has 0 unspecified atom stereocenters. The smallest absolute Gasteiger partial charge is 0.123 e. The second-order valence-electron chi connectivity index (χ2n) is 6.26. The molecule has 5 heteroatoms. The van der Waals surface area contributed by atoms with Crippen LogP contribution in [0.1, 0.15) is 11.1 Å². The van der Waals surface area contributed by atoms with Gasteiger partial charge in [0.15, 0.2) is 0 Å². The van der Waals surface area contributed by atoms with E-state index in [0.717, 1.165) is 30.8 Å². The van der Waals surface area contributed by atoms with Crippen molar-refractivity contribution in [1.82, 2.24) is 9.88 Å². The summed E-state index contributed by atoms with van der Waals surface area (Å²) in [6.07, 6.45) is 4.14. The lowest BCUT2D eigenvalue weighted by atomic mass is 9.97. The minimum absolute atomic E-state index is 0.00473. The number of para-hydroxylation sites is 1. The molecule has 0 radical (unpaired) electrons.